The molecule has 2 amide bonds. The average Bonchev–Trinajstić information content (AvgIpc) is 2.88. The van der Waals surface area contributed by atoms with E-state index in [9.17, 15) is 19.2 Å². The number of ether oxygens (including phenoxy) is 3. The average molecular weight is 476 g/mol. The van der Waals surface area contributed by atoms with Gasteiger partial charge in [-0.3, -0.25) is 9.59 Å². The Bertz CT molecular complexity index is 1210. The lowest BCUT2D eigenvalue weighted by molar-refractivity contribution is -0.119. The van der Waals surface area contributed by atoms with Gasteiger partial charge in [0.15, 0.2) is 6.61 Å². The number of esters is 2. The van der Waals surface area contributed by atoms with E-state index in [4.69, 9.17) is 9.47 Å². The van der Waals surface area contributed by atoms with Gasteiger partial charge in [0.1, 0.15) is 5.75 Å². The first-order valence-electron chi connectivity index (χ1n) is 10.7. The van der Waals surface area contributed by atoms with E-state index in [1.165, 1.54) is 19.2 Å². The Balaban J connectivity index is 1.52. The van der Waals surface area contributed by atoms with Gasteiger partial charge in [-0.05, 0) is 67.6 Å². The van der Waals surface area contributed by atoms with E-state index in [1.807, 2.05) is 6.92 Å². The maximum absolute atomic E-state index is 12.4. The van der Waals surface area contributed by atoms with Crippen molar-refractivity contribution in [3.8, 4) is 5.75 Å². The summed E-state index contributed by atoms with van der Waals surface area (Å²) in [6.45, 7) is 1.88. The smallest absolute Gasteiger partial charge is 0.339 e. The summed E-state index contributed by atoms with van der Waals surface area (Å²) in [6.07, 6.45) is 0. The lowest BCUT2D eigenvalue weighted by atomic mass is 10.1. The molecule has 0 aliphatic carbocycles. The first-order chi connectivity index (χ1) is 16.9. The highest BCUT2D eigenvalue weighted by molar-refractivity contribution is 6.05. The van der Waals surface area contributed by atoms with Crippen LogP contribution >= 0.6 is 0 Å². The fraction of sp³-hybridized carbons (Fsp3) is 0.154. The third-order valence-electron chi connectivity index (χ3n) is 4.74. The van der Waals surface area contributed by atoms with Crippen LogP contribution in [0.5, 0.6) is 5.75 Å². The fourth-order valence-corrected chi connectivity index (χ4v) is 3.06. The van der Waals surface area contributed by atoms with Crippen molar-refractivity contribution in [1.82, 2.24) is 0 Å². The molecule has 0 unspecified atom stereocenters. The van der Waals surface area contributed by atoms with E-state index in [2.05, 4.69) is 15.4 Å². The molecule has 0 atom stereocenters. The van der Waals surface area contributed by atoms with E-state index < -0.39 is 24.5 Å². The summed E-state index contributed by atoms with van der Waals surface area (Å²) in [4.78, 5) is 48.7. The van der Waals surface area contributed by atoms with Gasteiger partial charge in [0, 0.05) is 16.9 Å². The number of amides is 2. The predicted molar refractivity (Wildman–Crippen MR) is 129 cm³/mol. The van der Waals surface area contributed by atoms with Gasteiger partial charge in [0.05, 0.1) is 24.8 Å². The maximum Gasteiger partial charge on any atom is 0.339 e. The molecular formula is C26H24N2O7. The number of anilines is 2. The first-order valence-corrected chi connectivity index (χ1v) is 10.7. The van der Waals surface area contributed by atoms with Crippen LogP contribution in [0.3, 0.4) is 0 Å². The van der Waals surface area contributed by atoms with Gasteiger partial charge in [-0.1, -0.05) is 12.1 Å². The fourth-order valence-electron chi connectivity index (χ4n) is 3.06. The summed E-state index contributed by atoms with van der Waals surface area (Å²) in [7, 11) is 1.20. The molecule has 0 radical (unpaired) electrons. The number of nitrogens with one attached hydrogen (secondary N) is 2. The van der Waals surface area contributed by atoms with Crippen molar-refractivity contribution in [2.45, 2.75) is 6.92 Å². The number of carbonyl (C=O) groups excluding carboxylic acids is 4. The largest absolute Gasteiger partial charge is 0.494 e. The second-order valence-corrected chi connectivity index (χ2v) is 7.15. The predicted octanol–water partition coefficient (Wildman–Crippen LogP) is 3.92. The van der Waals surface area contributed by atoms with Crippen molar-refractivity contribution in [3.05, 3.63) is 89.5 Å². The quantitative estimate of drug-likeness (QED) is 0.449. The number of methoxy groups -OCH3 is 1. The van der Waals surface area contributed by atoms with Crippen LogP contribution in [0.15, 0.2) is 72.8 Å². The Morgan fingerprint density at radius 3 is 1.91 bits per heavy atom. The normalized spacial score (nSPS) is 10.1. The van der Waals surface area contributed by atoms with E-state index in [1.54, 1.807) is 60.7 Å². The molecule has 0 bridgehead atoms. The third-order valence-corrected chi connectivity index (χ3v) is 4.74. The third kappa shape index (κ3) is 6.91. The van der Waals surface area contributed by atoms with Crippen LogP contribution in [0, 0.1) is 0 Å². The first kappa shape index (κ1) is 25.0. The highest BCUT2D eigenvalue weighted by Gasteiger charge is 2.19. The van der Waals surface area contributed by atoms with Crippen molar-refractivity contribution in [2.75, 3.05) is 31.0 Å². The van der Waals surface area contributed by atoms with Crippen molar-refractivity contribution in [1.29, 1.82) is 0 Å². The molecule has 0 saturated heterocycles. The van der Waals surface area contributed by atoms with Crippen molar-refractivity contribution < 1.29 is 33.4 Å². The minimum atomic E-state index is -0.831. The number of hydrogen-bond acceptors (Lipinski definition) is 7. The number of benzene rings is 3. The zero-order chi connectivity index (χ0) is 25.2. The Kier molecular flexibility index (Phi) is 8.55. The molecule has 9 nitrogen and oxygen atoms in total. The van der Waals surface area contributed by atoms with Gasteiger partial charge < -0.3 is 24.8 Å². The Hall–Kier alpha value is -4.66. The highest BCUT2D eigenvalue weighted by atomic mass is 16.5. The van der Waals surface area contributed by atoms with Crippen LogP contribution in [-0.4, -0.2) is 44.1 Å². The summed E-state index contributed by atoms with van der Waals surface area (Å²) in [5.74, 6) is -1.70. The lowest BCUT2D eigenvalue weighted by Gasteiger charge is -2.10. The van der Waals surface area contributed by atoms with Crippen molar-refractivity contribution in [2.24, 2.45) is 0 Å². The van der Waals surface area contributed by atoms with E-state index in [0.717, 1.165) is 0 Å². The second-order valence-electron chi connectivity index (χ2n) is 7.15. The van der Waals surface area contributed by atoms with Gasteiger partial charge in [-0.15, -0.1) is 0 Å². The molecule has 0 spiro atoms. The number of rotatable bonds is 9. The maximum atomic E-state index is 12.4. The molecule has 9 heteroatoms. The molecule has 3 rings (SSSR count). The summed E-state index contributed by atoms with van der Waals surface area (Å²) in [5, 5.41) is 5.36. The van der Waals surface area contributed by atoms with E-state index in [-0.39, 0.29) is 17.0 Å². The Morgan fingerprint density at radius 2 is 1.31 bits per heavy atom. The highest BCUT2D eigenvalue weighted by Crippen LogP contribution is 2.17. The van der Waals surface area contributed by atoms with Crippen LogP contribution in [-0.2, 0) is 14.3 Å². The molecule has 3 aromatic carbocycles. The minimum absolute atomic E-state index is 0.00459. The molecule has 0 aliphatic rings. The molecule has 0 fully saturated rings. The van der Waals surface area contributed by atoms with Crippen molar-refractivity contribution in [3.63, 3.8) is 0 Å². The van der Waals surface area contributed by atoms with Crippen LogP contribution < -0.4 is 15.4 Å². The standard InChI is InChI=1S/C26H24N2O7/c1-3-34-20-14-12-19(13-15-20)28-24(30)17-8-10-18(11-9-17)27-23(29)16-35-26(32)22-7-5-4-6-21(22)25(31)33-2/h4-15H,3,16H2,1-2H3,(H,27,29)(H,28,30). The second kappa shape index (κ2) is 12.0. The minimum Gasteiger partial charge on any atom is -0.494 e. The topological polar surface area (TPSA) is 120 Å². The van der Waals surface area contributed by atoms with Crippen LogP contribution in [0.25, 0.3) is 0 Å². The van der Waals surface area contributed by atoms with Crippen molar-refractivity contribution >= 4 is 35.1 Å². The molecule has 0 aromatic heterocycles. The summed E-state index contributed by atoms with van der Waals surface area (Å²) in [5.41, 5.74) is 1.46. The Labute approximate surface area is 202 Å². The molecule has 0 saturated carbocycles. The zero-order valence-electron chi connectivity index (χ0n) is 19.2. The van der Waals surface area contributed by atoms with Gasteiger partial charge in [0.2, 0.25) is 0 Å². The molecular weight excluding hydrogens is 452 g/mol. The summed E-state index contributed by atoms with van der Waals surface area (Å²) in [6, 6.07) is 19.2. The lowest BCUT2D eigenvalue weighted by Crippen LogP contribution is -2.22. The number of carbonyl (C=O) groups is 4. The van der Waals surface area contributed by atoms with Crippen LogP contribution in [0.1, 0.15) is 38.0 Å². The van der Waals surface area contributed by atoms with Gasteiger partial charge in [-0.25, -0.2) is 9.59 Å². The molecule has 35 heavy (non-hydrogen) atoms. The van der Waals surface area contributed by atoms with Crippen LogP contribution in [0.2, 0.25) is 0 Å². The number of hydrogen-bond donors (Lipinski definition) is 2. The van der Waals surface area contributed by atoms with Gasteiger partial charge in [0.25, 0.3) is 11.8 Å². The summed E-state index contributed by atoms with van der Waals surface area (Å²) >= 11 is 0. The molecule has 3 aromatic rings. The van der Waals surface area contributed by atoms with E-state index in [0.29, 0.717) is 29.3 Å². The van der Waals surface area contributed by atoms with Gasteiger partial charge in [-0.2, -0.15) is 0 Å². The monoisotopic (exact) mass is 476 g/mol. The van der Waals surface area contributed by atoms with Gasteiger partial charge >= 0.3 is 11.9 Å². The molecule has 2 N–H and O–H groups in total. The molecule has 0 aliphatic heterocycles. The molecule has 0 heterocycles. The van der Waals surface area contributed by atoms with E-state index >= 15 is 0 Å². The SMILES string of the molecule is CCOc1ccc(NC(=O)c2ccc(NC(=O)COC(=O)c3ccccc3C(=O)OC)cc2)cc1. The zero-order valence-corrected chi connectivity index (χ0v) is 19.2. The summed E-state index contributed by atoms with van der Waals surface area (Å²) < 4.78 is 15.0. The molecule has 180 valence electrons. The Morgan fingerprint density at radius 1 is 0.743 bits per heavy atom. The van der Waals surface area contributed by atoms with Crippen LogP contribution in [0.4, 0.5) is 11.4 Å².